The van der Waals surface area contributed by atoms with E-state index in [0.717, 1.165) is 29.0 Å². The van der Waals surface area contributed by atoms with Crippen LogP contribution < -0.4 is 5.32 Å². The number of halogens is 1. The van der Waals surface area contributed by atoms with Crippen LogP contribution in [0, 0.1) is 5.92 Å². The average Bonchev–Trinajstić information content (AvgIpc) is 3.02. The van der Waals surface area contributed by atoms with E-state index in [-0.39, 0.29) is 5.91 Å². The van der Waals surface area contributed by atoms with Gasteiger partial charge in [0.2, 0.25) is 0 Å². The smallest absolute Gasteiger partial charge is 0.253 e. The number of carbonyl (C=O) groups is 1. The zero-order chi connectivity index (χ0) is 14.4. The van der Waals surface area contributed by atoms with Gasteiger partial charge in [-0.25, -0.2) is 0 Å². The fourth-order valence-corrected chi connectivity index (χ4v) is 4.07. The molecular weight excluding hydrogens is 330 g/mol. The molecule has 0 aromatic carbocycles. The Labute approximate surface area is 132 Å². The molecule has 0 spiro atoms. The van der Waals surface area contributed by atoms with Crippen LogP contribution in [-0.4, -0.2) is 40.9 Å². The lowest BCUT2D eigenvalue weighted by atomic mass is 9.96. The minimum atomic E-state index is 0.0324. The van der Waals surface area contributed by atoms with Gasteiger partial charge in [0.05, 0.1) is 10.2 Å². The zero-order valence-corrected chi connectivity index (χ0v) is 13.3. The van der Waals surface area contributed by atoms with E-state index in [4.69, 9.17) is 0 Å². The van der Waals surface area contributed by atoms with Gasteiger partial charge in [-0.3, -0.25) is 4.79 Å². The summed E-state index contributed by atoms with van der Waals surface area (Å²) < 4.78 is 2.96. The highest BCUT2D eigenvalue weighted by Gasteiger charge is 2.32. The highest BCUT2D eigenvalue weighted by atomic mass is 79.9. The van der Waals surface area contributed by atoms with Crippen LogP contribution in [0.5, 0.6) is 0 Å². The molecule has 110 valence electrons. The Kier molecular flexibility index (Phi) is 3.27. The van der Waals surface area contributed by atoms with Crippen molar-refractivity contribution in [1.82, 2.24) is 14.6 Å². The molecule has 2 aliphatic rings. The van der Waals surface area contributed by atoms with E-state index in [1.54, 1.807) is 0 Å². The van der Waals surface area contributed by atoms with Crippen LogP contribution in [0.1, 0.15) is 23.2 Å². The van der Waals surface area contributed by atoms with E-state index in [1.165, 1.54) is 19.5 Å². The van der Waals surface area contributed by atoms with Crippen LogP contribution in [0.2, 0.25) is 0 Å². The molecule has 0 radical (unpaired) electrons. The molecule has 3 atom stereocenters. The summed E-state index contributed by atoms with van der Waals surface area (Å²) in [6.07, 6.45) is 4.30. The maximum Gasteiger partial charge on any atom is 0.253 e. The van der Waals surface area contributed by atoms with E-state index in [1.807, 2.05) is 34.9 Å². The van der Waals surface area contributed by atoms with Crippen molar-refractivity contribution in [1.29, 1.82) is 0 Å². The van der Waals surface area contributed by atoms with Gasteiger partial charge in [0.1, 0.15) is 0 Å². The molecule has 2 aliphatic heterocycles. The number of pyridine rings is 1. The standard InChI is InChI=1S/C16H18BrN3O/c17-15-4-3-14-2-1-12(9-20(14)15)16(21)18-13-7-11-5-6-19(8-11)10-13/h1-4,9,11,13H,5-8,10H2,(H,18,21)/t11?,13-/m1/s1. The largest absolute Gasteiger partial charge is 0.348 e. The number of nitrogens with one attached hydrogen (secondary N) is 1. The van der Waals surface area contributed by atoms with Crippen molar-refractivity contribution in [2.45, 2.75) is 18.9 Å². The minimum Gasteiger partial charge on any atom is -0.348 e. The van der Waals surface area contributed by atoms with Crippen molar-refractivity contribution in [3.63, 3.8) is 0 Å². The lowest BCUT2D eigenvalue weighted by Crippen LogP contribution is -2.47. The van der Waals surface area contributed by atoms with Gasteiger partial charge in [0, 0.05) is 30.8 Å². The molecule has 1 N–H and O–H groups in total. The molecule has 2 bridgehead atoms. The lowest BCUT2D eigenvalue weighted by Gasteiger charge is -2.30. The van der Waals surface area contributed by atoms with Gasteiger partial charge in [-0.1, -0.05) is 0 Å². The van der Waals surface area contributed by atoms with Gasteiger partial charge < -0.3 is 14.6 Å². The summed E-state index contributed by atoms with van der Waals surface area (Å²) in [5.74, 6) is 0.801. The molecule has 4 rings (SSSR count). The average molecular weight is 348 g/mol. The van der Waals surface area contributed by atoms with Gasteiger partial charge in [-0.15, -0.1) is 0 Å². The number of rotatable bonds is 2. The molecule has 2 saturated heterocycles. The molecule has 21 heavy (non-hydrogen) atoms. The van der Waals surface area contributed by atoms with E-state index in [9.17, 15) is 4.79 Å². The zero-order valence-electron chi connectivity index (χ0n) is 11.8. The number of hydrogen-bond acceptors (Lipinski definition) is 2. The monoisotopic (exact) mass is 347 g/mol. The van der Waals surface area contributed by atoms with E-state index >= 15 is 0 Å². The lowest BCUT2D eigenvalue weighted by molar-refractivity contribution is 0.0909. The predicted molar refractivity (Wildman–Crippen MR) is 85.5 cm³/mol. The summed E-state index contributed by atoms with van der Waals surface area (Å²) in [5.41, 5.74) is 1.80. The normalized spacial score (nSPS) is 28.0. The van der Waals surface area contributed by atoms with Crippen LogP contribution in [0.25, 0.3) is 5.52 Å². The Balaban J connectivity index is 1.52. The van der Waals surface area contributed by atoms with Crippen LogP contribution in [0.4, 0.5) is 0 Å². The summed E-state index contributed by atoms with van der Waals surface area (Å²) in [4.78, 5) is 14.9. The molecule has 2 aromatic rings. The molecule has 5 heteroatoms. The second-order valence-corrected chi connectivity index (χ2v) is 7.00. The molecule has 4 nitrogen and oxygen atoms in total. The van der Waals surface area contributed by atoms with Crippen molar-refractivity contribution in [2.75, 3.05) is 19.6 Å². The second-order valence-electron chi connectivity index (χ2n) is 6.19. The van der Waals surface area contributed by atoms with Crippen LogP contribution in [0.15, 0.2) is 35.1 Å². The topological polar surface area (TPSA) is 36.8 Å². The quantitative estimate of drug-likeness (QED) is 0.906. The van der Waals surface area contributed by atoms with Crippen molar-refractivity contribution >= 4 is 27.4 Å². The van der Waals surface area contributed by atoms with Gasteiger partial charge in [0.15, 0.2) is 0 Å². The molecule has 1 amide bonds. The fraction of sp³-hybridized carbons (Fsp3) is 0.438. The number of fused-ring (bicyclic) bond motifs is 3. The Morgan fingerprint density at radius 1 is 1.24 bits per heavy atom. The van der Waals surface area contributed by atoms with Gasteiger partial charge in [-0.2, -0.15) is 0 Å². The van der Waals surface area contributed by atoms with Crippen LogP contribution in [0.3, 0.4) is 0 Å². The Hall–Kier alpha value is -1.33. The number of piperidine rings is 1. The summed E-state index contributed by atoms with van der Waals surface area (Å²) in [6, 6.07) is 8.19. The number of amides is 1. The van der Waals surface area contributed by atoms with Crippen molar-refractivity contribution in [3.05, 3.63) is 40.6 Å². The van der Waals surface area contributed by atoms with E-state index < -0.39 is 0 Å². The molecule has 2 aromatic heterocycles. The number of carbonyl (C=O) groups excluding carboxylic acids is 1. The molecule has 2 fully saturated rings. The molecule has 4 heterocycles. The Morgan fingerprint density at radius 3 is 2.95 bits per heavy atom. The number of hydrogen-bond donors (Lipinski definition) is 1. The predicted octanol–water partition coefficient (Wildman–Crippen LogP) is 2.53. The third-order valence-electron chi connectivity index (χ3n) is 4.67. The summed E-state index contributed by atoms with van der Waals surface area (Å²) in [7, 11) is 0. The minimum absolute atomic E-state index is 0.0324. The third-order valence-corrected chi connectivity index (χ3v) is 5.31. The number of nitrogens with zero attached hydrogens (tertiary/aromatic N) is 2. The molecule has 2 unspecified atom stereocenters. The van der Waals surface area contributed by atoms with Crippen molar-refractivity contribution < 1.29 is 4.79 Å². The highest BCUT2D eigenvalue weighted by molar-refractivity contribution is 9.10. The summed E-state index contributed by atoms with van der Waals surface area (Å²) in [5, 5.41) is 3.20. The first-order valence-corrected chi connectivity index (χ1v) is 8.28. The van der Waals surface area contributed by atoms with Crippen molar-refractivity contribution in [3.8, 4) is 0 Å². The van der Waals surface area contributed by atoms with Gasteiger partial charge >= 0.3 is 0 Å². The number of aromatic nitrogens is 1. The second kappa shape index (κ2) is 5.14. The van der Waals surface area contributed by atoms with Crippen LogP contribution in [-0.2, 0) is 0 Å². The van der Waals surface area contributed by atoms with Gasteiger partial charge in [0.25, 0.3) is 5.91 Å². The molecular formula is C16H18BrN3O. The highest BCUT2D eigenvalue weighted by Crippen LogP contribution is 2.27. The van der Waals surface area contributed by atoms with E-state index in [2.05, 4.69) is 26.1 Å². The Morgan fingerprint density at radius 2 is 2.10 bits per heavy atom. The summed E-state index contributed by atoms with van der Waals surface area (Å²) in [6.45, 7) is 3.41. The maximum absolute atomic E-state index is 12.5. The van der Waals surface area contributed by atoms with Crippen molar-refractivity contribution in [2.24, 2.45) is 5.92 Å². The van der Waals surface area contributed by atoms with E-state index in [0.29, 0.717) is 11.6 Å². The molecule has 0 aliphatic carbocycles. The Bertz CT molecular complexity index is 684. The fourth-order valence-electron chi connectivity index (χ4n) is 3.63. The van der Waals surface area contributed by atoms with Crippen LogP contribution >= 0.6 is 15.9 Å². The first-order valence-electron chi connectivity index (χ1n) is 7.49. The van der Waals surface area contributed by atoms with Gasteiger partial charge in [-0.05, 0) is 65.5 Å². The first-order chi connectivity index (χ1) is 10.2. The summed E-state index contributed by atoms with van der Waals surface area (Å²) >= 11 is 3.50. The SMILES string of the molecule is O=C(N[C@@H]1CC2CCN(C2)C1)c1ccc2ccc(Br)n2c1. The molecule has 0 saturated carbocycles. The first kappa shape index (κ1) is 13.3. The third kappa shape index (κ3) is 2.49. The maximum atomic E-state index is 12.5.